The third-order valence-electron chi connectivity index (χ3n) is 2.80. The average Bonchev–Trinajstić information content (AvgIpc) is 2.33. The molecule has 0 saturated carbocycles. The SMILES string of the molecule is CCCc1c(N)ncnc1-c1ccc(C)cc1. The standard InChI is InChI=1S/C14H17N3/c1-3-4-12-13(16-9-17-14(12)15)11-7-5-10(2)6-8-11/h5-9H,3-4H2,1-2H3,(H2,15,16,17). The van der Waals surface area contributed by atoms with E-state index in [9.17, 15) is 0 Å². The Labute approximate surface area is 102 Å². The van der Waals surface area contributed by atoms with Crippen molar-refractivity contribution in [3.8, 4) is 11.3 Å². The van der Waals surface area contributed by atoms with Crippen LogP contribution < -0.4 is 5.73 Å². The molecule has 0 radical (unpaired) electrons. The minimum absolute atomic E-state index is 0.595. The number of nitrogen functional groups attached to an aromatic ring is 1. The fraction of sp³-hybridized carbons (Fsp3) is 0.286. The van der Waals surface area contributed by atoms with E-state index in [4.69, 9.17) is 5.73 Å². The summed E-state index contributed by atoms with van der Waals surface area (Å²) in [5.41, 5.74) is 10.3. The molecule has 17 heavy (non-hydrogen) atoms. The zero-order valence-electron chi connectivity index (χ0n) is 10.3. The number of benzene rings is 1. The van der Waals surface area contributed by atoms with E-state index >= 15 is 0 Å². The van der Waals surface area contributed by atoms with Crippen LogP contribution in [0, 0.1) is 6.92 Å². The minimum atomic E-state index is 0.595. The van der Waals surface area contributed by atoms with Gasteiger partial charge in [-0.15, -0.1) is 0 Å². The Kier molecular flexibility index (Phi) is 3.38. The highest BCUT2D eigenvalue weighted by Crippen LogP contribution is 2.25. The smallest absolute Gasteiger partial charge is 0.130 e. The van der Waals surface area contributed by atoms with Gasteiger partial charge >= 0.3 is 0 Å². The molecule has 2 N–H and O–H groups in total. The highest BCUT2D eigenvalue weighted by Gasteiger charge is 2.09. The van der Waals surface area contributed by atoms with Gasteiger partial charge in [0, 0.05) is 11.1 Å². The van der Waals surface area contributed by atoms with Crippen LogP contribution in [0.2, 0.25) is 0 Å². The molecule has 0 fully saturated rings. The summed E-state index contributed by atoms with van der Waals surface area (Å²) in [4.78, 5) is 8.44. The summed E-state index contributed by atoms with van der Waals surface area (Å²) < 4.78 is 0. The number of anilines is 1. The van der Waals surface area contributed by atoms with Crippen molar-refractivity contribution < 1.29 is 0 Å². The monoisotopic (exact) mass is 227 g/mol. The largest absolute Gasteiger partial charge is 0.383 e. The van der Waals surface area contributed by atoms with Crippen molar-refractivity contribution in [1.82, 2.24) is 9.97 Å². The lowest BCUT2D eigenvalue weighted by Gasteiger charge is -2.09. The molecule has 2 rings (SSSR count). The van der Waals surface area contributed by atoms with Crippen molar-refractivity contribution in [3.63, 3.8) is 0 Å². The quantitative estimate of drug-likeness (QED) is 0.877. The summed E-state index contributed by atoms with van der Waals surface area (Å²) in [6, 6.07) is 8.33. The van der Waals surface area contributed by atoms with Gasteiger partial charge in [-0.05, 0) is 13.3 Å². The van der Waals surface area contributed by atoms with Crippen LogP contribution in [0.25, 0.3) is 11.3 Å². The molecule has 88 valence electrons. The van der Waals surface area contributed by atoms with Gasteiger partial charge in [-0.25, -0.2) is 9.97 Å². The maximum absolute atomic E-state index is 5.92. The summed E-state index contributed by atoms with van der Waals surface area (Å²) in [7, 11) is 0. The maximum atomic E-state index is 5.92. The van der Waals surface area contributed by atoms with E-state index < -0.39 is 0 Å². The molecule has 3 nitrogen and oxygen atoms in total. The Balaban J connectivity index is 2.50. The van der Waals surface area contributed by atoms with Gasteiger partial charge in [-0.1, -0.05) is 43.2 Å². The zero-order valence-corrected chi connectivity index (χ0v) is 10.3. The molecule has 2 aromatic rings. The minimum Gasteiger partial charge on any atom is -0.383 e. The molecule has 0 spiro atoms. The van der Waals surface area contributed by atoms with Crippen LogP contribution in [0.3, 0.4) is 0 Å². The molecule has 0 atom stereocenters. The molecule has 0 aliphatic heterocycles. The third-order valence-corrected chi connectivity index (χ3v) is 2.80. The van der Waals surface area contributed by atoms with E-state index in [0.29, 0.717) is 5.82 Å². The fourth-order valence-corrected chi connectivity index (χ4v) is 1.88. The van der Waals surface area contributed by atoms with Gasteiger partial charge in [0.2, 0.25) is 0 Å². The number of aromatic nitrogens is 2. The van der Waals surface area contributed by atoms with Crippen LogP contribution in [0.15, 0.2) is 30.6 Å². The van der Waals surface area contributed by atoms with Crippen molar-refractivity contribution in [1.29, 1.82) is 0 Å². The number of nitrogens with two attached hydrogens (primary N) is 1. The van der Waals surface area contributed by atoms with Gasteiger partial charge < -0.3 is 5.73 Å². The second-order valence-electron chi connectivity index (χ2n) is 4.20. The number of hydrogen-bond acceptors (Lipinski definition) is 3. The predicted molar refractivity (Wildman–Crippen MR) is 70.6 cm³/mol. The lowest BCUT2D eigenvalue weighted by molar-refractivity contribution is 0.908. The summed E-state index contributed by atoms with van der Waals surface area (Å²) in [5, 5.41) is 0. The lowest BCUT2D eigenvalue weighted by Crippen LogP contribution is -2.02. The first-order valence-corrected chi connectivity index (χ1v) is 5.88. The van der Waals surface area contributed by atoms with Crippen LogP contribution >= 0.6 is 0 Å². The highest BCUT2D eigenvalue weighted by molar-refractivity contribution is 5.67. The van der Waals surface area contributed by atoms with Crippen molar-refractivity contribution in [2.24, 2.45) is 0 Å². The second kappa shape index (κ2) is 4.95. The first kappa shape index (κ1) is 11.6. The number of hydrogen-bond donors (Lipinski definition) is 1. The normalized spacial score (nSPS) is 10.5. The lowest BCUT2D eigenvalue weighted by atomic mass is 10.0. The van der Waals surface area contributed by atoms with E-state index in [1.807, 2.05) is 0 Å². The summed E-state index contributed by atoms with van der Waals surface area (Å²) in [6.45, 7) is 4.20. The summed E-state index contributed by atoms with van der Waals surface area (Å²) >= 11 is 0. The maximum Gasteiger partial charge on any atom is 0.130 e. The number of rotatable bonds is 3. The first-order valence-electron chi connectivity index (χ1n) is 5.88. The Bertz CT molecular complexity index is 503. The summed E-state index contributed by atoms with van der Waals surface area (Å²) in [5.74, 6) is 0.595. The van der Waals surface area contributed by atoms with Crippen LogP contribution in [0.1, 0.15) is 24.5 Å². The van der Waals surface area contributed by atoms with Gasteiger partial charge in [0.15, 0.2) is 0 Å². The molecular weight excluding hydrogens is 210 g/mol. The van der Waals surface area contributed by atoms with E-state index in [1.54, 1.807) is 0 Å². The summed E-state index contributed by atoms with van der Waals surface area (Å²) in [6.07, 6.45) is 3.48. The highest BCUT2D eigenvalue weighted by atomic mass is 14.9. The number of nitrogens with zero attached hydrogens (tertiary/aromatic N) is 2. The number of aryl methyl sites for hydroxylation is 1. The molecule has 1 aromatic heterocycles. The molecule has 0 unspecified atom stereocenters. The van der Waals surface area contributed by atoms with Crippen LogP contribution in [-0.2, 0) is 6.42 Å². The molecule has 1 aromatic carbocycles. The molecule has 0 aliphatic rings. The predicted octanol–water partition coefficient (Wildman–Crippen LogP) is 2.99. The van der Waals surface area contributed by atoms with Gasteiger partial charge in [0.1, 0.15) is 12.1 Å². The average molecular weight is 227 g/mol. The molecule has 1 heterocycles. The van der Waals surface area contributed by atoms with Crippen LogP contribution in [0.5, 0.6) is 0 Å². The van der Waals surface area contributed by atoms with Crippen LogP contribution in [0.4, 0.5) is 5.82 Å². The van der Waals surface area contributed by atoms with E-state index in [-0.39, 0.29) is 0 Å². The molecule has 0 saturated heterocycles. The molecule has 0 bridgehead atoms. The van der Waals surface area contributed by atoms with Gasteiger partial charge in [-0.3, -0.25) is 0 Å². The Morgan fingerprint density at radius 2 is 1.82 bits per heavy atom. The van der Waals surface area contributed by atoms with E-state index in [0.717, 1.165) is 29.7 Å². The molecule has 0 amide bonds. The third kappa shape index (κ3) is 2.44. The molecule has 3 heteroatoms. The fourth-order valence-electron chi connectivity index (χ4n) is 1.88. The second-order valence-corrected chi connectivity index (χ2v) is 4.20. The Hall–Kier alpha value is -1.90. The Morgan fingerprint density at radius 1 is 1.12 bits per heavy atom. The van der Waals surface area contributed by atoms with Crippen molar-refractivity contribution >= 4 is 5.82 Å². The molecular formula is C14H17N3. The topological polar surface area (TPSA) is 51.8 Å². The Morgan fingerprint density at radius 3 is 2.47 bits per heavy atom. The van der Waals surface area contributed by atoms with Crippen molar-refractivity contribution in [3.05, 3.63) is 41.7 Å². The van der Waals surface area contributed by atoms with Crippen LogP contribution in [-0.4, -0.2) is 9.97 Å². The molecule has 0 aliphatic carbocycles. The van der Waals surface area contributed by atoms with E-state index in [2.05, 4.69) is 48.1 Å². The van der Waals surface area contributed by atoms with Gasteiger partial charge in [0.05, 0.1) is 5.69 Å². The van der Waals surface area contributed by atoms with Crippen molar-refractivity contribution in [2.45, 2.75) is 26.7 Å². The van der Waals surface area contributed by atoms with Crippen molar-refractivity contribution in [2.75, 3.05) is 5.73 Å². The van der Waals surface area contributed by atoms with Gasteiger partial charge in [0.25, 0.3) is 0 Å². The zero-order chi connectivity index (χ0) is 12.3. The first-order chi connectivity index (χ1) is 8.22. The van der Waals surface area contributed by atoms with E-state index in [1.165, 1.54) is 11.9 Å². The van der Waals surface area contributed by atoms with Gasteiger partial charge in [-0.2, -0.15) is 0 Å².